The van der Waals surface area contributed by atoms with Crippen molar-refractivity contribution in [1.29, 1.82) is 0 Å². The predicted molar refractivity (Wildman–Crippen MR) is 7.61 cm³/mol. The molecular weight excluding hydrogens is 251 g/mol. The monoisotopic (exact) mass is 251 g/mol. The molecule has 0 aromatic heterocycles. The first-order valence-electron chi connectivity index (χ1n) is 0.730. The molecule has 0 bridgehead atoms. The van der Waals surface area contributed by atoms with Gasteiger partial charge in [0.15, 0.2) is 0 Å². The molecule has 4 nitrogen and oxygen atoms in total. The molecule has 0 aliphatic rings. The average molecular weight is 251 g/mol. The van der Waals surface area contributed by atoms with Gasteiger partial charge in [-0.3, -0.25) is 0 Å². The summed E-state index contributed by atoms with van der Waals surface area (Å²) in [7, 11) is -5.39. The van der Waals surface area contributed by atoms with E-state index in [0.717, 1.165) is 0 Å². The van der Waals surface area contributed by atoms with Crippen LogP contribution in [0.3, 0.4) is 0 Å². The van der Waals surface area contributed by atoms with E-state index in [9.17, 15) is 0 Å². The van der Waals surface area contributed by atoms with Crippen molar-refractivity contribution in [2.75, 3.05) is 0 Å². The Morgan fingerprint density at radius 1 is 0.875 bits per heavy atom. The van der Waals surface area contributed by atoms with Crippen molar-refractivity contribution in [2.45, 2.75) is 0 Å². The molecule has 0 amide bonds. The number of hydrogen-bond acceptors (Lipinski definition) is 4. The van der Waals surface area contributed by atoms with Crippen molar-refractivity contribution in [3.8, 4) is 0 Å². The Balaban J connectivity index is -0.0000000267. The second kappa shape index (κ2) is 8.71. The summed E-state index contributed by atoms with van der Waals surface area (Å²) in [6.45, 7) is 0. The maximum atomic E-state index is 8.55. The van der Waals surface area contributed by atoms with Gasteiger partial charge in [0.2, 0.25) is 0 Å². The van der Waals surface area contributed by atoms with Gasteiger partial charge in [0.05, 0.1) is 0 Å². The van der Waals surface area contributed by atoms with Crippen LogP contribution in [-0.2, 0) is 56.6 Å². The average Bonchev–Trinajstić information content (AvgIpc) is 0.722. The zero-order valence-corrected chi connectivity index (χ0v) is 8.02. The molecular formula is Cr3O4P-3. The smallest absolute Gasteiger partial charge is 0 e. The second-order valence-corrected chi connectivity index (χ2v) is 1.34. The summed E-state index contributed by atoms with van der Waals surface area (Å²) >= 11 is 0. The molecule has 0 atom stereocenters. The van der Waals surface area contributed by atoms with Crippen LogP contribution >= 0.6 is 7.82 Å². The Hall–Kier alpha value is 1.71. The summed E-state index contributed by atoms with van der Waals surface area (Å²) < 4.78 is 8.55. The molecule has 50 valence electrons. The summed E-state index contributed by atoms with van der Waals surface area (Å²) in [5, 5.41) is 0. The second-order valence-electron chi connectivity index (χ2n) is 0.447. The quantitative estimate of drug-likeness (QED) is 0.434. The Bertz CT molecular complexity index is 57.4. The molecule has 0 N–H and O–H groups in total. The van der Waals surface area contributed by atoms with Gasteiger partial charge in [-0.1, -0.05) is 0 Å². The van der Waals surface area contributed by atoms with Crippen molar-refractivity contribution in [1.82, 2.24) is 0 Å². The van der Waals surface area contributed by atoms with Crippen LogP contribution in [0, 0.1) is 0 Å². The van der Waals surface area contributed by atoms with E-state index in [0.29, 0.717) is 0 Å². The number of hydrogen-bond donors (Lipinski definition) is 0. The Morgan fingerprint density at radius 2 is 0.875 bits per heavy atom. The summed E-state index contributed by atoms with van der Waals surface area (Å²) in [5.74, 6) is 0. The minimum absolute atomic E-state index is 0. The van der Waals surface area contributed by atoms with Gasteiger partial charge in [-0.25, -0.2) is 0 Å². The first kappa shape index (κ1) is 22.6. The first-order chi connectivity index (χ1) is 2.00. The molecule has 0 aliphatic heterocycles. The summed E-state index contributed by atoms with van der Waals surface area (Å²) in [4.78, 5) is 25.6. The zero-order chi connectivity index (χ0) is 4.50. The molecule has 8 heavy (non-hydrogen) atoms. The van der Waals surface area contributed by atoms with Crippen molar-refractivity contribution in [3.05, 3.63) is 0 Å². The molecule has 0 radical (unpaired) electrons. The maximum absolute atomic E-state index is 8.55. The largest absolute Gasteiger partial charge is 0.822 e. The van der Waals surface area contributed by atoms with Crippen LogP contribution in [0.25, 0.3) is 0 Å². The Morgan fingerprint density at radius 3 is 0.875 bits per heavy atom. The number of rotatable bonds is 0. The van der Waals surface area contributed by atoms with Gasteiger partial charge in [-0.2, -0.15) is 7.82 Å². The van der Waals surface area contributed by atoms with Crippen molar-refractivity contribution < 1.29 is 71.3 Å². The molecule has 0 fully saturated rings. The fourth-order valence-electron chi connectivity index (χ4n) is 0. The molecule has 0 saturated carbocycles. The third-order valence-electron chi connectivity index (χ3n) is 0. The molecule has 0 aliphatic carbocycles. The van der Waals surface area contributed by atoms with Crippen LogP contribution in [0.5, 0.6) is 0 Å². The van der Waals surface area contributed by atoms with Crippen molar-refractivity contribution in [3.63, 3.8) is 0 Å². The molecule has 8 heteroatoms. The van der Waals surface area contributed by atoms with E-state index >= 15 is 0 Å². The van der Waals surface area contributed by atoms with Crippen LogP contribution in [-0.4, -0.2) is 0 Å². The van der Waals surface area contributed by atoms with Crippen LogP contribution < -0.4 is 14.7 Å². The molecule has 0 aromatic rings. The predicted octanol–water partition coefficient (Wildman–Crippen LogP) is -2.83. The minimum atomic E-state index is -5.39. The first-order valence-corrected chi connectivity index (χ1v) is 2.19. The Kier molecular flexibility index (Phi) is 24.6. The van der Waals surface area contributed by atoms with Crippen LogP contribution in [0.15, 0.2) is 0 Å². The van der Waals surface area contributed by atoms with E-state index in [1.807, 2.05) is 0 Å². The molecule has 0 unspecified atom stereocenters. The summed E-state index contributed by atoms with van der Waals surface area (Å²) in [6, 6.07) is 0. The molecule has 0 spiro atoms. The molecule has 0 rings (SSSR count). The number of phosphoric acid groups is 1. The molecule has 0 heterocycles. The molecule has 0 aromatic carbocycles. The van der Waals surface area contributed by atoms with E-state index in [1.54, 1.807) is 0 Å². The third-order valence-corrected chi connectivity index (χ3v) is 0. The summed E-state index contributed by atoms with van der Waals surface area (Å²) in [5.41, 5.74) is 0. The Labute approximate surface area is 78.9 Å². The normalized spacial score (nSPS) is 7.38. The van der Waals surface area contributed by atoms with Gasteiger partial charge in [-0.05, 0) is 0 Å². The fourth-order valence-corrected chi connectivity index (χ4v) is 0. The standard InChI is InChI=1S/3Cr.H3O4P/c;;;1-5(2,3)4/h;;;(H3,1,2,3,4)/p-3. The van der Waals surface area contributed by atoms with Gasteiger partial charge >= 0.3 is 0 Å². The zero-order valence-electron chi connectivity index (χ0n) is 3.30. The van der Waals surface area contributed by atoms with Gasteiger partial charge in [0, 0.05) is 52.1 Å². The minimum Gasteiger partial charge on any atom is -0.822 e. The van der Waals surface area contributed by atoms with E-state index in [2.05, 4.69) is 0 Å². The fraction of sp³-hybridized carbons (Fsp3) is 0. The van der Waals surface area contributed by atoms with Gasteiger partial charge in [0.25, 0.3) is 0 Å². The van der Waals surface area contributed by atoms with E-state index in [4.69, 9.17) is 19.2 Å². The van der Waals surface area contributed by atoms with E-state index < -0.39 is 7.82 Å². The topological polar surface area (TPSA) is 86.2 Å². The van der Waals surface area contributed by atoms with Gasteiger partial charge < -0.3 is 19.2 Å². The maximum Gasteiger partial charge on any atom is 0 e. The summed E-state index contributed by atoms with van der Waals surface area (Å²) in [6.07, 6.45) is 0. The van der Waals surface area contributed by atoms with Crippen LogP contribution in [0.1, 0.15) is 0 Å². The SMILES string of the molecule is O=P([O-])([O-])[O-].[Cr].[Cr].[Cr]. The third kappa shape index (κ3) is 119. The van der Waals surface area contributed by atoms with Crippen LogP contribution in [0.2, 0.25) is 0 Å². The van der Waals surface area contributed by atoms with Gasteiger partial charge in [0.1, 0.15) is 0 Å². The van der Waals surface area contributed by atoms with E-state index in [-0.39, 0.29) is 52.1 Å². The van der Waals surface area contributed by atoms with Crippen LogP contribution in [0.4, 0.5) is 0 Å². The van der Waals surface area contributed by atoms with Gasteiger partial charge in [-0.15, -0.1) is 0 Å². The van der Waals surface area contributed by atoms with Crippen molar-refractivity contribution in [2.24, 2.45) is 0 Å². The van der Waals surface area contributed by atoms with Crippen molar-refractivity contribution >= 4 is 7.82 Å². The molecule has 0 saturated heterocycles. The van der Waals surface area contributed by atoms with E-state index in [1.165, 1.54) is 0 Å².